The smallest absolute Gasteiger partial charge is 0.334 e. The molecule has 4 aromatic rings. The summed E-state index contributed by atoms with van der Waals surface area (Å²) in [7, 11) is -4.25. The van der Waals surface area contributed by atoms with Crippen molar-refractivity contribution < 1.29 is 22.7 Å². The number of nitrogens with zero attached hydrogens (tertiary/aromatic N) is 3. The molecule has 0 bridgehead atoms. The maximum Gasteiger partial charge on any atom is 0.334 e. The lowest BCUT2D eigenvalue weighted by atomic mass is 10.2. The zero-order valence-corrected chi connectivity index (χ0v) is 21.2. The number of nitrogens with one attached hydrogen (secondary N) is 2. The molecule has 1 heterocycles. The van der Waals surface area contributed by atoms with Crippen LogP contribution in [0.25, 0.3) is 5.69 Å². The highest BCUT2D eigenvalue weighted by atomic mass is 35.5. The molecular formula is C26H20ClN5O5S. The Morgan fingerprint density at radius 1 is 0.974 bits per heavy atom. The molecule has 1 aromatic heterocycles. The average molecular weight is 550 g/mol. The molecular weight excluding hydrogens is 530 g/mol. The van der Waals surface area contributed by atoms with Crippen LogP contribution in [0.15, 0.2) is 89.8 Å². The Labute approximate surface area is 223 Å². The predicted molar refractivity (Wildman–Crippen MR) is 139 cm³/mol. The maximum absolute atomic E-state index is 12.7. The molecule has 0 aliphatic carbocycles. The first-order valence-electron chi connectivity index (χ1n) is 11.1. The van der Waals surface area contributed by atoms with Crippen molar-refractivity contribution in [2.45, 2.75) is 17.9 Å². The molecule has 0 fully saturated rings. The molecule has 0 saturated carbocycles. The molecule has 192 valence electrons. The second-order valence-corrected chi connectivity index (χ2v) is 9.98. The van der Waals surface area contributed by atoms with Gasteiger partial charge in [0.05, 0.1) is 22.7 Å². The highest BCUT2D eigenvalue weighted by molar-refractivity contribution is 7.90. The minimum absolute atomic E-state index is 0.0387. The van der Waals surface area contributed by atoms with Crippen molar-refractivity contribution in [3.05, 3.63) is 107 Å². The molecule has 0 aliphatic rings. The van der Waals surface area contributed by atoms with Gasteiger partial charge in [0.15, 0.2) is 5.82 Å². The van der Waals surface area contributed by atoms with Crippen LogP contribution < -0.4 is 10.0 Å². The van der Waals surface area contributed by atoms with E-state index in [0.29, 0.717) is 10.7 Å². The summed E-state index contributed by atoms with van der Waals surface area (Å²) in [4.78, 5) is 25.1. The van der Waals surface area contributed by atoms with Crippen molar-refractivity contribution >= 4 is 39.4 Å². The van der Waals surface area contributed by atoms with E-state index in [4.69, 9.17) is 16.3 Å². The maximum atomic E-state index is 12.7. The largest absolute Gasteiger partial charge is 0.461 e. The normalized spacial score (nSPS) is 10.8. The van der Waals surface area contributed by atoms with Gasteiger partial charge in [-0.1, -0.05) is 60.1 Å². The number of anilines is 1. The number of carbonyl (C=O) groups is 2. The van der Waals surface area contributed by atoms with Crippen LogP contribution in [0.2, 0.25) is 5.02 Å². The van der Waals surface area contributed by atoms with E-state index < -0.39 is 22.0 Å². The quantitative estimate of drug-likeness (QED) is 0.313. The van der Waals surface area contributed by atoms with Gasteiger partial charge in [-0.3, -0.25) is 10.1 Å². The van der Waals surface area contributed by atoms with Crippen molar-refractivity contribution in [3.8, 4) is 11.8 Å². The van der Waals surface area contributed by atoms with Crippen LogP contribution >= 0.6 is 11.6 Å². The highest BCUT2D eigenvalue weighted by Gasteiger charge is 2.25. The number of benzene rings is 3. The monoisotopic (exact) mass is 549 g/mol. The van der Waals surface area contributed by atoms with Crippen molar-refractivity contribution in [2.24, 2.45) is 0 Å². The first kappa shape index (κ1) is 26.4. The predicted octanol–water partition coefficient (Wildman–Crippen LogP) is 4.19. The van der Waals surface area contributed by atoms with E-state index in [2.05, 4.69) is 10.4 Å². The van der Waals surface area contributed by atoms with Gasteiger partial charge in [0, 0.05) is 5.02 Å². The summed E-state index contributed by atoms with van der Waals surface area (Å²) in [6.45, 7) is 0.0387. The Kier molecular flexibility index (Phi) is 8.06. The van der Waals surface area contributed by atoms with Crippen LogP contribution in [0.3, 0.4) is 0 Å². The van der Waals surface area contributed by atoms with Crippen LogP contribution in [0.4, 0.5) is 10.6 Å². The standard InChI is InChI=1S/C26H20ClN5O5S/c27-19-11-13-21(14-12-19)38(35,36)31-26(34)29-25-22(16-28)23(30-32(25)20-9-5-2-6-10-20)15-24(33)37-17-18-7-3-1-4-8-18/h1-14H,15,17H2,(H2,29,31,34). The summed E-state index contributed by atoms with van der Waals surface area (Å²) in [6.07, 6.45) is -0.352. The fourth-order valence-corrected chi connectivity index (χ4v) is 4.46. The lowest BCUT2D eigenvalue weighted by Crippen LogP contribution is -2.35. The number of halogens is 1. The number of amides is 2. The number of hydrogen-bond donors (Lipinski definition) is 2. The molecule has 0 unspecified atom stereocenters. The number of hydrogen-bond acceptors (Lipinski definition) is 7. The average Bonchev–Trinajstić information content (AvgIpc) is 3.24. The van der Waals surface area contributed by atoms with Crippen LogP contribution in [0, 0.1) is 11.3 Å². The summed E-state index contributed by atoms with van der Waals surface area (Å²) >= 11 is 5.81. The third-order valence-electron chi connectivity index (χ3n) is 5.21. The number of urea groups is 1. The number of para-hydroxylation sites is 1. The van der Waals surface area contributed by atoms with Gasteiger partial charge in [-0.05, 0) is 42.0 Å². The second kappa shape index (κ2) is 11.6. The van der Waals surface area contributed by atoms with E-state index in [1.165, 1.54) is 28.9 Å². The number of aromatic nitrogens is 2. The van der Waals surface area contributed by atoms with Crippen LogP contribution in [-0.2, 0) is 32.6 Å². The summed E-state index contributed by atoms with van der Waals surface area (Å²) in [5, 5.41) is 16.9. The van der Waals surface area contributed by atoms with E-state index >= 15 is 0 Å². The van der Waals surface area contributed by atoms with Crippen molar-refractivity contribution in [1.29, 1.82) is 5.26 Å². The highest BCUT2D eigenvalue weighted by Crippen LogP contribution is 2.24. The number of rotatable bonds is 8. The zero-order valence-electron chi connectivity index (χ0n) is 19.7. The van der Waals surface area contributed by atoms with Gasteiger partial charge >= 0.3 is 12.0 Å². The van der Waals surface area contributed by atoms with E-state index in [-0.39, 0.29) is 35.0 Å². The van der Waals surface area contributed by atoms with Crippen LogP contribution in [0.1, 0.15) is 16.8 Å². The molecule has 38 heavy (non-hydrogen) atoms. The summed E-state index contributed by atoms with van der Waals surface area (Å²) in [6, 6.07) is 23.6. The van der Waals surface area contributed by atoms with Crippen LogP contribution in [0.5, 0.6) is 0 Å². The molecule has 3 aromatic carbocycles. The Balaban J connectivity index is 1.59. The molecule has 2 N–H and O–H groups in total. The van der Waals surface area contributed by atoms with E-state index in [9.17, 15) is 23.3 Å². The van der Waals surface area contributed by atoms with Gasteiger partial charge in [0.2, 0.25) is 0 Å². The Hall–Kier alpha value is -4.66. The van der Waals surface area contributed by atoms with Crippen molar-refractivity contribution in [2.75, 3.05) is 5.32 Å². The van der Waals surface area contributed by atoms with Crippen LogP contribution in [-0.4, -0.2) is 30.2 Å². The number of carbonyl (C=O) groups excluding carboxylic acids is 2. The Morgan fingerprint density at radius 2 is 1.61 bits per heavy atom. The first-order valence-corrected chi connectivity index (χ1v) is 13.0. The topological polar surface area (TPSA) is 143 Å². The second-order valence-electron chi connectivity index (χ2n) is 7.87. The zero-order chi connectivity index (χ0) is 27.1. The van der Waals surface area contributed by atoms with Crippen molar-refractivity contribution in [3.63, 3.8) is 0 Å². The number of sulfonamides is 1. The molecule has 10 nitrogen and oxygen atoms in total. The number of esters is 1. The van der Waals surface area contributed by atoms with E-state index in [1.807, 2.05) is 29.0 Å². The summed E-state index contributed by atoms with van der Waals surface area (Å²) in [5.41, 5.74) is 1.18. The molecule has 0 saturated heterocycles. The van der Waals surface area contributed by atoms with E-state index in [0.717, 1.165) is 5.56 Å². The molecule has 0 aliphatic heterocycles. The van der Waals surface area contributed by atoms with Gasteiger partial charge < -0.3 is 4.74 Å². The molecule has 0 radical (unpaired) electrons. The third-order valence-corrected chi connectivity index (χ3v) is 6.81. The molecule has 2 amide bonds. The van der Waals surface area contributed by atoms with Gasteiger partial charge in [-0.15, -0.1) is 0 Å². The first-order chi connectivity index (χ1) is 18.3. The fraction of sp³-hybridized carbons (Fsp3) is 0.0769. The molecule has 0 atom stereocenters. The Bertz CT molecular complexity index is 1600. The number of nitriles is 1. The lowest BCUT2D eigenvalue weighted by Gasteiger charge is -2.11. The molecule has 4 rings (SSSR count). The third kappa shape index (κ3) is 6.36. The van der Waals surface area contributed by atoms with Crippen molar-refractivity contribution in [1.82, 2.24) is 14.5 Å². The Morgan fingerprint density at radius 3 is 2.24 bits per heavy atom. The SMILES string of the molecule is N#Cc1c(CC(=O)OCc2ccccc2)nn(-c2ccccc2)c1NC(=O)NS(=O)(=O)c1ccc(Cl)cc1. The van der Waals surface area contributed by atoms with Gasteiger partial charge in [-0.2, -0.15) is 10.4 Å². The molecule has 12 heteroatoms. The fourth-order valence-electron chi connectivity index (χ4n) is 3.43. The molecule has 0 spiro atoms. The number of ether oxygens (including phenoxy) is 1. The van der Waals surface area contributed by atoms with E-state index in [1.54, 1.807) is 42.5 Å². The minimum Gasteiger partial charge on any atom is -0.461 e. The minimum atomic E-state index is -4.25. The van der Waals surface area contributed by atoms with Gasteiger partial charge in [-0.25, -0.2) is 22.6 Å². The summed E-state index contributed by atoms with van der Waals surface area (Å²) in [5.74, 6) is -0.752. The van der Waals surface area contributed by atoms with Gasteiger partial charge in [0.1, 0.15) is 18.2 Å². The lowest BCUT2D eigenvalue weighted by molar-refractivity contribution is -0.144. The summed E-state index contributed by atoms with van der Waals surface area (Å²) < 4.78 is 33.7. The van der Waals surface area contributed by atoms with Gasteiger partial charge in [0.25, 0.3) is 10.0 Å².